The average Bonchev–Trinajstić information content (AvgIpc) is 2.46. The van der Waals surface area contributed by atoms with Crippen LogP contribution >= 0.6 is 15.9 Å². The maximum absolute atomic E-state index is 9.93. The highest BCUT2D eigenvalue weighted by Gasteiger charge is 2.08. The second-order valence-corrected chi connectivity index (χ2v) is 5.82. The molecule has 0 aliphatic heterocycles. The number of rotatable bonds is 5. The molecular formula is C16H19BrN2O2. The molecule has 0 fully saturated rings. The fraction of sp³-hybridized carbons (Fsp3) is 0.250. The third-order valence-corrected chi connectivity index (χ3v) is 3.69. The van der Waals surface area contributed by atoms with E-state index in [1.807, 2.05) is 43.3 Å². The number of anilines is 2. The third kappa shape index (κ3) is 3.82. The summed E-state index contributed by atoms with van der Waals surface area (Å²) in [6.07, 6.45) is 0. The van der Waals surface area contributed by atoms with Crippen LogP contribution in [0.5, 0.6) is 11.5 Å². The van der Waals surface area contributed by atoms with Crippen molar-refractivity contribution < 1.29 is 9.84 Å². The van der Waals surface area contributed by atoms with Gasteiger partial charge in [0.1, 0.15) is 11.5 Å². The molecule has 0 saturated heterocycles. The van der Waals surface area contributed by atoms with E-state index < -0.39 is 0 Å². The van der Waals surface area contributed by atoms with Crippen LogP contribution in [0.15, 0.2) is 40.9 Å². The van der Waals surface area contributed by atoms with Gasteiger partial charge in [-0.1, -0.05) is 15.9 Å². The molecule has 0 amide bonds. The van der Waals surface area contributed by atoms with Crippen molar-refractivity contribution in [2.75, 3.05) is 31.4 Å². The predicted octanol–water partition coefficient (Wildman–Crippen LogP) is 3.84. The van der Waals surface area contributed by atoms with E-state index in [4.69, 9.17) is 4.74 Å². The summed E-state index contributed by atoms with van der Waals surface area (Å²) in [5.41, 5.74) is 2.87. The number of methoxy groups -OCH3 is 1. The van der Waals surface area contributed by atoms with Gasteiger partial charge in [0.15, 0.2) is 0 Å². The molecule has 21 heavy (non-hydrogen) atoms. The number of hydrogen-bond acceptors (Lipinski definition) is 4. The van der Waals surface area contributed by atoms with Gasteiger partial charge in [0.25, 0.3) is 0 Å². The molecule has 0 radical (unpaired) electrons. The molecule has 0 saturated carbocycles. The van der Waals surface area contributed by atoms with Crippen LogP contribution in [0.3, 0.4) is 0 Å². The monoisotopic (exact) mass is 350 g/mol. The zero-order valence-electron chi connectivity index (χ0n) is 12.4. The average molecular weight is 351 g/mol. The van der Waals surface area contributed by atoms with Crippen LogP contribution in [0.4, 0.5) is 11.4 Å². The van der Waals surface area contributed by atoms with Crippen LogP contribution in [0.2, 0.25) is 0 Å². The van der Waals surface area contributed by atoms with Crippen LogP contribution in [-0.2, 0) is 6.54 Å². The van der Waals surface area contributed by atoms with Crippen LogP contribution in [0.1, 0.15) is 5.56 Å². The topological polar surface area (TPSA) is 44.7 Å². The van der Waals surface area contributed by atoms with E-state index in [2.05, 4.69) is 21.2 Å². The zero-order chi connectivity index (χ0) is 15.4. The molecule has 0 aliphatic rings. The highest BCUT2D eigenvalue weighted by molar-refractivity contribution is 9.10. The van der Waals surface area contributed by atoms with Gasteiger partial charge in [-0.05, 0) is 36.4 Å². The molecule has 0 heterocycles. The zero-order valence-corrected chi connectivity index (χ0v) is 13.9. The van der Waals surface area contributed by atoms with E-state index >= 15 is 0 Å². The molecule has 5 heteroatoms. The number of ether oxygens (including phenoxy) is 1. The van der Waals surface area contributed by atoms with Crippen molar-refractivity contribution in [2.24, 2.45) is 0 Å². The van der Waals surface area contributed by atoms with Crippen molar-refractivity contribution in [3.63, 3.8) is 0 Å². The quantitative estimate of drug-likeness (QED) is 0.859. The summed E-state index contributed by atoms with van der Waals surface area (Å²) in [7, 11) is 5.61. The minimum Gasteiger partial charge on any atom is -0.508 e. The van der Waals surface area contributed by atoms with Gasteiger partial charge in [0, 0.05) is 30.7 Å². The van der Waals surface area contributed by atoms with Crippen molar-refractivity contribution in [3.8, 4) is 11.5 Å². The fourth-order valence-electron chi connectivity index (χ4n) is 2.06. The number of nitrogens with zero attached hydrogens (tertiary/aromatic N) is 1. The SMILES string of the molecule is COc1ccc(O)c(CNc2cc(Br)ccc2N(C)C)c1. The van der Waals surface area contributed by atoms with Gasteiger partial charge in [-0.25, -0.2) is 0 Å². The summed E-state index contributed by atoms with van der Waals surface area (Å²) >= 11 is 3.48. The molecule has 0 aliphatic carbocycles. The molecule has 0 atom stereocenters. The number of aromatic hydroxyl groups is 1. The van der Waals surface area contributed by atoms with Crippen molar-refractivity contribution in [2.45, 2.75) is 6.54 Å². The maximum Gasteiger partial charge on any atom is 0.120 e. The molecule has 0 bridgehead atoms. The van der Waals surface area contributed by atoms with Gasteiger partial charge in [0.2, 0.25) is 0 Å². The smallest absolute Gasteiger partial charge is 0.120 e. The van der Waals surface area contributed by atoms with Crippen LogP contribution in [0, 0.1) is 0 Å². The van der Waals surface area contributed by atoms with Gasteiger partial charge in [-0.3, -0.25) is 0 Å². The molecule has 2 N–H and O–H groups in total. The first-order valence-corrected chi connectivity index (χ1v) is 7.37. The van der Waals surface area contributed by atoms with E-state index in [9.17, 15) is 5.11 Å². The second kappa shape index (κ2) is 6.72. The molecule has 0 aromatic heterocycles. The third-order valence-electron chi connectivity index (χ3n) is 3.20. The Morgan fingerprint density at radius 2 is 1.95 bits per heavy atom. The lowest BCUT2D eigenvalue weighted by atomic mass is 10.1. The number of nitrogens with one attached hydrogen (secondary N) is 1. The lowest BCUT2D eigenvalue weighted by Crippen LogP contribution is -2.12. The van der Waals surface area contributed by atoms with E-state index in [0.717, 1.165) is 27.2 Å². The van der Waals surface area contributed by atoms with E-state index in [1.54, 1.807) is 19.2 Å². The van der Waals surface area contributed by atoms with Gasteiger partial charge in [0.05, 0.1) is 18.5 Å². The summed E-state index contributed by atoms with van der Waals surface area (Å²) in [6, 6.07) is 11.3. The standard InChI is InChI=1S/C16H19BrN2O2/c1-19(2)15-6-4-12(17)9-14(15)18-10-11-8-13(21-3)5-7-16(11)20/h4-9,18,20H,10H2,1-3H3. The summed E-state index contributed by atoms with van der Waals surface area (Å²) in [4.78, 5) is 2.04. The summed E-state index contributed by atoms with van der Waals surface area (Å²) in [6.45, 7) is 0.514. The first-order valence-electron chi connectivity index (χ1n) is 6.58. The Labute approximate surface area is 133 Å². The van der Waals surface area contributed by atoms with Crippen molar-refractivity contribution in [1.82, 2.24) is 0 Å². The van der Waals surface area contributed by atoms with Gasteiger partial charge in [-0.15, -0.1) is 0 Å². The molecule has 112 valence electrons. The Morgan fingerprint density at radius 1 is 1.19 bits per heavy atom. The van der Waals surface area contributed by atoms with Crippen molar-refractivity contribution >= 4 is 27.3 Å². The first kappa shape index (κ1) is 15.5. The van der Waals surface area contributed by atoms with Crippen LogP contribution in [-0.4, -0.2) is 26.3 Å². The Bertz CT molecular complexity index is 630. The van der Waals surface area contributed by atoms with Crippen molar-refractivity contribution in [3.05, 3.63) is 46.4 Å². The Balaban J connectivity index is 2.22. The van der Waals surface area contributed by atoms with Gasteiger partial charge < -0.3 is 20.1 Å². The van der Waals surface area contributed by atoms with E-state index in [-0.39, 0.29) is 5.75 Å². The molecule has 4 nitrogen and oxygen atoms in total. The van der Waals surface area contributed by atoms with Gasteiger partial charge >= 0.3 is 0 Å². The minimum absolute atomic E-state index is 0.254. The molecule has 2 aromatic carbocycles. The predicted molar refractivity (Wildman–Crippen MR) is 90.5 cm³/mol. The lowest BCUT2D eigenvalue weighted by Gasteiger charge is -2.19. The molecule has 2 aromatic rings. The minimum atomic E-state index is 0.254. The Hall–Kier alpha value is -1.88. The highest BCUT2D eigenvalue weighted by Crippen LogP contribution is 2.30. The summed E-state index contributed by atoms with van der Waals surface area (Å²) < 4.78 is 6.19. The molecular weight excluding hydrogens is 332 g/mol. The molecule has 0 unspecified atom stereocenters. The van der Waals surface area contributed by atoms with Crippen LogP contribution in [0.25, 0.3) is 0 Å². The van der Waals surface area contributed by atoms with E-state index in [1.165, 1.54) is 0 Å². The molecule has 2 rings (SSSR count). The number of hydrogen-bond donors (Lipinski definition) is 2. The number of phenols is 1. The first-order chi connectivity index (χ1) is 10.0. The maximum atomic E-state index is 9.93. The molecule has 0 spiro atoms. The van der Waals surface area contributed by atoms with E-state index in [0.29, 0.717) is 6.54 Å². The summed E-state index contributed by atoms with van der Waals surface area (Å²) in [5, 5.41) is 13.3. The Kier molecular flexibility index (Phi) is 4.96. The number of halogens is 1. The van der Waals surface area contributed by atoms with Crippen molar-refractivity contribution in [1.29, 1.82) is 0 Å². The highest BCUT2D eigenvalue weighted by atomic mass is 79.9. The number of phenolic OH excluding ortho intramolecular Hbond substituents is 1. The Morgan fingerprint density at radius 3 is 2.62 bits per heavy atom. The lowest BCUT2D eigenvalue weighted by molar-refractivity contribution is 0.411. The second-order valence-electron chi connectivity index (χ2n) is 4.90. The van der Waals surface area contributed by atoms with Crippen LogP contribution < -0.4 is 15.0 Å². The number of benzene rings is 2. The van der Waals surface area contributed by atoms with Gasteiger partial charge in [-0.2, -0.15) is 0 Å². The summed E-state index contributed by atoms with van der Waals surface area (Å²) in [5.74, 6) is 0.983. The normalized spacial score (nSPS) is 10.3. The largest absolute Gasteiger partial charge is 0.508 e. The fourth-order valence-corrected chi connectivity index (χ4v) is 2.42.